The molecule has 1 saturated heterocycles. The zero-order valence-corrected chi connectivity index (χ0v) is 15.9. The molecule has 0 unspecified atom stereocenters. The van der Waals surface area contributed by atoms with Gasteiger partial charge in [-0.05, 0) is 48.9 Å². The number of carbonyl (C=O) groups is 4. The maximum absolute atomic E-state index is 12.8. The highest BCUT2D eigenvalue weighted by Crippen LogP contribution is 2.26. The second kappa shape index (κ2) is 8.15. The van der Waals surface area contributed by atoms with Crippen molar-refractivity contribution >= 4 is 47.2 Å². The van der Waals surface area contributed by atoms with Gasteiger partial charge in [0.1, 0.15) is 16.9 Å². The maximum atomic E-state index is 12.8. The first-order chi connectivity index (χ1) is 13.8. The van der Waals surface area contributed by atoms with Crippen LogP contribution >= 0.6 is 11.6 Å². The average molecular weight is 415 g/mol. The van der Waals surface area contributed by atoms with E-state index in [-0.39, 0.29) is 34.7 Å². The van der Waals surface area contributed by atoms with Gasteiger partial charge in [-0.3, -0.25) is 14.9 Å². The second-order valence-electron chi connectivity index (χ2n) is 5.93. The Hall–Kier alpha value is -3.65. The number of carbonyl (C=O) groups excluding carboxylic acids is 3. The largest absolute Gasteiger partial charge is 0.493 e. The molecule has 3 rings (SSSR count). The number of nitrogens with one attached hydrogen (secondary N) is 1. The van der Waals surface area contributed by atoms with Crippen LogP contribution in [0.2, 0.25) is 5.02 Å². The van der Waals surface area contributed by atoms with E-state index in [0.29, 0.717) is 5.02 Å². The highest BCUT2D eigenvalue weighted by Gasteiger charge is 2.36. The molecule has 29 heavy (non-hydrogen) atoms. The Morgan fingerprint density at radius 1 is 1.21 bits per heavy atom. The number of hydrogen-bond acceptors (Lipinski definition) is 5. The van der Waals surface area contributed by atoms with Gasteiger partial charge in [0, 0.05) is 5.02 Å². The van der Waals surface area contributed by atoms with Crippen molar-refractivity contribution in [3.05, 3.63) is 64.2 Å². The smallest absolute Gasteiger partial charge is 0.339 e. The Bertz CT molecular complexity index is 1060. The monoisotopic (exact) mass is 414 g/mol. The van der Waals surface area contributed by atoms with E-state index in [1.807, 2.05) is 0 Å². The number of anilines is 1. The zero-order valence-electron chi connectivity index (χ0n) is 15.1. The number of amides is 4. The lowest BCUT2D eigenvalue weighted by Gasteiger charge is -2.26. The number of halogens is 1. The summed E-state index contributed by atoms with van der Waals surface area (Å²) < 4.78 is 5.27. The first-order valence-corrected chi connectivity index (χ1v) is 8.86. The molecular formula is C20H15ClN2O6. The maximum Gasteiger partial charge on any atom is 0.339 e. The normalized spacial score (nSPS) is 15.4. The molecule has 2 aromatic rings. The number of hydrogen-bond donors (Lipinski definition) is 2. The first kappa shape index (κ1) is 20.1. The zero-order chi connectivity index (χ0) is 21.1. The van der Waals surface area contributed by atoms with Crippen LogP contribution in [-0.2, 0) is 9.59 Å². The van der Waals surface area contributed by atoms with Crippen LogP contribution in [0.3, 0.4) is 0 Å². The van der Waals surface area contributed by atoms with E-state index in [9.17, 15) is 24.3 Å². The van der Waals surface area contributed by atoms with Crippen LogP contribution < -0.4 is 15.0 Å². The Morgan fingerprint density at radius 3 is 2.62 bits per heavy atom. The minimum absolute atomic E-state index is 0.118. The Morgan fingerprint density at radius 2 is 1.97 bits per heavy atom. The molecule has 8 nitrogen and oxygen atoms in total. The number of imide groups is 2. The molecule has 2 N–H and O–H groups in total. The van der Waals surface area contributed by atoms with E-state index in [2.05, 4.69) is 5.32 Å². The molecule has 4 amide bonds. The van der Waals surface area contributed by atoms with Gasteiger partial charge in [-0.15, -0.1) is 0 Å². The predicted octanol–water partition coefficient (Wildman–Crippen LogP) is 3.10. The lowest BCUT2D eigenvalue weighted by Crippen LogP contribution is -2.54. The quantitative estimate of drug-likeness (QED) is 0.574. The van der Waals surface area contributed by atoms with Gasteiger partial charge in [0.15, 0.2) is 0 Å². The summed E-state index contributed by atoms with van der Waals surface area (Å²) >= 11 is 5.92. The summed E-state index contributed by atoms with van der Waals surface area (Å²) in [6, 6.07) is 9.35. The van der Waals surface area contributed by atoms with Gasteiger partial charge in [0.05, 0.1) is 12.3 Å². The third-order valence-electron chi connectivity index (χ3n) is 4.01. The number of carboxylic acid groups (broad SMARTS) is 1. The molecule has 1 aliphatic rings. The van der Waals surface area contributed by atoms with Crippen molar-refractivity contribution in [1.29, 1.82) is 0 Å². The van der Waals surface area contributed by atoms with Gasteiger partial charge in [0.2, 0.25) is 0 Å². The van der Waals surface area contributed by atoms with Crippen LogP contribution in [0.4, 0.5) is 10.5 Å². The van der Waals surface area contributed by atoms with Crippen LogP contribution in [-0.4, -0.2) is 35.5 Å². The summed E-state index contributed by atoms with van der Waals surface area (Å²) in [6.45, 7) is 1.99. The fourth-order valence-corrected chi connectivity index (χ4v) is 2.94. The minimum Gasteiger partial charge on any atom is -0.493 e. The number of barbiturate groups is 1. The summed E-state index contributed by atoms with van der Waals surface area (Å²) in [4.78, 5) is 49.5. The molecule has 9 heteroatoms. The van der Waals surface area contributed by atoms with E-state index in [0.717, 1.165) is 4.90 Å². The van der Waals surface area contributed by atoms with Gasteiger partial charge in [-0.25, -0.2) is 14.5 Å². The van der Waals surface area contributed by atoms with Crippen molar-refractivity contribution < 1.29 is 29.0 Å². The van der Waals surface area contributed by atoms with Crippen LogP contribution in [0.15, 0.2) is 48.0 Å². The number of carboxylic acids is 1. The fourth-order valence-electron chi connectivity index (χ4n) is 2.76. The third-order valence-corrected chi connectivity index (χ3v) is 4.25. The molecular weight excluding hydrogens is 400 g/mol. The number of aromatic carboxylic acids is 1. The summed E-state index contributed by atoms with van der Waals surface area (Å²) in [7, 11) is 0. The molecule has 0 spiro atoms. The number of nitrogens with zero attached hydrogens (tertiary/aromatic N) is 1. The molecule has 1 aliphatic heterocycles. The number of benzene rings is 2. The van der Waals surface area contributed by atoms with Crippen molar-refractivity contribution in [2.45, 2.75) is 6.92 Å². The molecule has 1 heterocycles. The van der Waals surface area contributed by atoms with E-state index in [1.165, 1.54) is 36.4 Å². The van der Waals surface area contributed by atoms with Gasteiger partial charge in [-0.1, -0.05) is 23.7 Å². The molecule has 1 fully saturated rings. The summed E-state index contributed by atoms with van der Waals surface area (Å²) in [5, 5.41) is 11.8. The summed E-state index contributed by atoms with van der Waals surface area (Å²) in [6.07, 6.45) is 1.21. The lowest BCUT2D eigenvalue weighted by molar-refractivity contribution is -0.122. The van der Waals surface area contributed by atoms with Crippen LogP contribution in [0.25, 0.3) is 6.08 Å². The van der Waals surface area contributed by atoms with E-state index in [4.69, 9.17) is 16.3 Å². The molecule has 148 valence electrons. The Kier molecular flexibility index (Phi) is 5.65. The van der Waals surface area contributed by atoms with Gasteiger partial charge in [-0.2, -0.15) is 0 Å². The predicted molar refractivity (Wildman–Crippen MR) is 105 cm³/mol. The summed E-state index contributed by atoms with van der Waals surface area (Å²) in [5.74, 6) is -2.79. The molecule has 2 aromatic carbocycles. The molecule has 0 radical (unpaired) electrons. The van der Waals surface area contributed by atoms with Crippen molar-refractivity contribution in [3.63, 3.8) is 0 Å². The van der Waals surface area contributed by atoms with Crippen molar-refractivity contribution in [3.8, 4) is 5.75 Å². The number of ether oxygens (including phenoxy) is 1. The topological polar surface area (TPSA) is 113 Å². The second-order valence-corrected chi connectivity index (χ2v) is 6.37. The van der Waals surface area contributed by atoms with Crippen molar-refractivity contribution in [1.82, 2.24) is 5.32 Å². The number of urea groups is 1. The van der Waals surface area contributed by atoms with Crippen LogP contribution in [0.5, 0.6) is 5.75 Å². The van der Waals surface area contributed by atoms with E-state index >= 15 is 0 Å². The fraction of sp³-hybridized carbons (Fsp3) is 0.100. The van der Waals surface area contributed by atoms with E-state index < -0.39 is 23.8 Å². The van der Waals surface area contributed by atoms with E-state index in [1.54, 1.807) is 19.1 Å². The molecule has 0 aromatic heterocycles. The van der Waals surface area contributed by atoms with Gasteiger partial charge in [0.25, 0.3) is 11.8 Å². The molecule has 0 atom stereocenters. The minimum atomic E-state index is -1.22. The van der Waals surface area contributed by atoms with Crippen molar-refractivity contribution in [2.24, 2.45) is 0 Å². The SMILES string of the molecule is CCOc1ccc(C=C2C(=O)NC(=O)N(c3cccc(Cl)c3)C2=O)cc1C(=O)O. The van der Waals surface area contributed by atoms with Crippen LogP contribution in [0, 0.1) is 0 Å². The van der Waals surface area contributed by atoms with Crippen LogP contribution in [0.1, 0.15) is 22.8 Å². The highest BCUT2D eigenvalue weighted by atomic mass is 35.5. The Balaban J connectivity index is 2.03. The Labute approximate surface area is 170 Å². The standard InChI is InChI=1S/C20H15ClN2O6/c1-2-29-16-7-6-11(8-14(16)19(26)27)9-15-17(24)22-20(28)23(18(15)25)13-5-3-4-12(21)10-13/h3-10H,2H2,1H3,(H,26,27)(H,22,24,28). The average Bonchev–Trinajstić information content (AvgIpc) is 2.66. The first-order valence-electron chi connectivity index (χ1n) is 8.49. The van der Waals surface area contributed by atoms with Crippen molar-refractivity contribution in [2.75, 3.05) is 11.5 Å². The molecule has 0 aliphatic carbocycles. The lowest BCUT2D eigenvalue weighted by atomic mass is 10.0. The highest BCUT2D eigenvalue weighted by molar-refractivity contribution is 6.39. The van der Waals surface area contributed by atoms with Gasteiger partial charge < -0.3 is 9.84 Å². The van der Waals surface area contributed by atoms with Gasteiger partial charge >= 0.3 is 12.0 Å². The third kappa shape index (κ3) is 4.12. The molecule has 0 saturated carbocycles. The molecule has 0 bridgehead atoms. The summed E-state index contributed by atoms with van der Waals surface area (Å²) in [5.41, 5.74) is 0.0266. The number of rotatable bonds is 5.